The number of nitrogens with zero attached hydrogens (tertiary/aromatic N) is 2. The van der Waals surface area contributed by atoms with E-state index < -0.39 is 5.97 Å². The van der Waals surface area contributed by atoms with Crippen LogP contribution in [0.25, 0.3) is 0 Å². The Morgan fingerprint density at radius 2 is 2.21 bits per heavy atom. The zero-order chi connectivity index (χ0) is 14.0. The number of rotatable bonds is 3. The fourth-order valence-corrected chi connectivity index (χ4v) is 2.41. The van der Waals surface area contributed by atoms with E-state index in [4.69, 9.17) is 10.4 Å². The van der Waals surface area contributed by atoms with Crippen molar-refractivity contribution in [2.75, 3.05) is 5.32 Å². The summed E-state index contributed by atoms with van der Waals surface area (Å²) in [5.74, 6) is -1.04. The van der Waals surface area contributed by atoms with Crippen LogP contribution in [-0.2, 0) is 0 Å². The number of aromatic nitrogens is 1. The molecular formula is C13H11N3O2S. The topological polar surface area (TPSA) is 86.0 Å². The Hall–Kier alpha value is -2.39. The lowest BCUT2D eigenvalue weighted by Crippen LogP contribution is -1.99. The minimum absolute atomic E-state index is 0.0570. The molecule has 0 unspecified atom stereocenters. The summed E-state index contributed by atoms with van der Waals surface area (Å²) in [5.41, 5.74) is 2.31. The van der Waals surface area contributed by atoms with Crippen LogP contribution in [0, 0.1) is 25.2 Å². The van der Waals surface area contributed by atoms with Gasteiger partial charge in [-0.3, -0.25) is 0 Å². The number of benzene rings is 1. The molecule has 0 amide bonds. The van der Waals surface area contributed by atoms with E-state index in [1.807, 2.05) is 13.0 Å². The largest absolute Gasteiger partial charge is 0.476 e. The summed E-state index contributed by atoms with van der Waals surface area (Å²) in [6, 6.07) is 7.34. The highest BCUT2D eigenvalue weighted by Gasteiger charge is 2.14. The third kappa shape index (κ3) is 2.72. The van der Waals surface area contributed by atoms with Crippen LogP contribution < -0.4 is 5.32 Å². The quantitative estimate of drug-likeness (QED) is 0.897. The minimum Gasteiger partial charge on any atom is -0.476 e. The molecule has 96 valence electrons. The Morgan fingerprint density at radius 1 is 1.47 bits per heavy atom. The summed E-state index contributed by atoms with van der Waals surface area (Å²) in [4.78, 5) is 15.6. The predicted molar refractivity (Wildman–Crippen MR) is 73.0 cm³/mol. The monoisotopic (exact) mass is 273 g/mol. The number of anilines is 2. The van der Waals surface area contributed by atoms with Crippen molar-refractivity contribution in [3.63, 3.8) is 0 Å². The Morgan fingerprint density at radius 3 is 2.79 bits per heavy atom. The minimum atomic E-state index is -1.04. The SMILES string of the molecule is Cc1ccc(C#N)cc1Nc1nc(C(=O)O)c(C)s1. The van der Waals surface area contributed by atoms with Crippen molar-refractivity contribution in [2.45, 2.75) is 13.8 Å². The van der Waals surface area contributed by atoms with Gasteiger partial charge in [-0.15, -0.1) is 11.3 Å². The molecule has 6 heteroatoms. The summed E-state index contributed by atoms with van der Waals surface area (Å²) in [5, 5.41) is 21.4. The molecule has 0 saturated heterocycles. The molecule has 5 nitrogen and oxygen atoms in total. The standard InChI is InChI=1S/C13H11N3O2S/c1-7-3-4-9(6-14)5-10(7)15-13-16-11(12(17)18)8(2)19-13/h3-5H,1-2H3,(H,15,16)(H,17,18). The summed E-state index contributed by atoms with van der Waals surface area (Å²) in [6.45, 7) is 3.62. The van der Waals surface area contributed by atoms with Crippen molar-refractivity contribution in [1.82, 2.24) is 4.98 Å². The summed E-state index contributed by atoms with van der Waals surface area (Å²) >= 11 is 1.27. The molecule has 0 fully saturated rings. The second-order valence-electron chi connectivity index (χ2n) is 4.00. The second-order valence-corrected chi connectivity index (χ2v) is 5.20. The van der Waals surface area contributed by atoms with Crippen LogP contribution in [0.3, 0.4) is 0 Å². The van der Waals surface area contributed by atoms with Crippen molar-refractivity contribution in [1.29, 1.82) is 5.26 Å². The second kappa shape index (κ2) is 5.08. The Kier molecular flexibility index (Phi) is 3.49. The number of aryl methyl sites for hydroxylation is 2. The Labute approximate surface area is 114 Å². The number of aromatic carboxylic acids is 1. The van der Waals surface area contributed by atoms with Gasteiger partial charge in [-0.1, -0.05) is 6.07 Å². The fraction of sp³-hybridized carbons (Fsp3) is 0.154. The molecule has 0 aliphatic heterocycles. The lowest BCUT2D eigenvalue weighted by Gasteiger charge is -2.06. The first kappa shape index (κ1) is 13.1. The van der Waals surface area contributed by atoms with Gasteiger partial charge in [-0.05, 0) is 31.5 Å². The maximum Gasteiger partial charge on any atom is 0.355 e. The van der Waals surface area contributed by atoms with Gasteiger partial charge >= 0.3 is 5.97 Å². The van der Waals surface area contributed by atoms with E-state index in [-0.39, 0.29) is 5.69 Å². The van der Waals surface area contributed by atoms with Crippen LogP contribution >= 0.6 is 11.3 Å². The highest BCUT2D eigenvalue weighted by Crippen LogP contribution is 2.27. The highest BCUT2D eigenvalue weighted by atomic mass is 32.1. The third-order valence-electron chi connectivity index (χ3n) is 2.61. The molecule has 0 atom stereocenters. The number of carboxylic acid groups (broad SMARTS) is 1. The van der Waals surface area contributed by atoms with E-state index in [1.165, 1.54) is 11.3 Å². The number of hydrogen-bond donors (Lipinski definition) is 2. The molecule has 19 heavy (non-hydrogen) atoms. The number of carbonyl (C=O) groups is 1. The molecule has 2 N–H and O–H groups in total. The molecule has 1 aromatic carbocycles. The molecule has 0 radical (unpaired) electrons. The van der Waals surface area contributed by atoms with Gasteiger partial charge in [0.15, 0.2) is 10.8 Å². The molecule has 1 aromatic heterocycles. The zero-order valence-corrected chi connectivity index (χ0v) is 11.2. The lowest BCUT2D eigenvalue weighted by molar-refractivity contribution is 0.0690. The van der Waals surface area contributed by atoms with Crippen LogP contribution in [0.1, 0.15) is 26.5 Å². The van der Waals surface area contributed by atoms with Crippen LogP contribution in [0.5, 0.6) is 0 Å². The first-order valence-electron chi connectivity index (χ1n) is 5.49. The number of nitriles is 1. The number of thiazole rings is 1. The number of nitrogens with one attached hydrogen (secondary N) is 1. The average molecular weight is 273 g/mol. The molecule has 0 spiro atoms. The predicted octanol–water partition coefficient (Wildman–Crippen LogP) is 3.07. The molecule has 0 aliphatic rings. The molecule has 0 bridgehead atoms. The lowest BCUT2D eigenvalue weighted by atomic mass is 10.1. The number of carboxylic acids is 1. The van der Waals surface area contributed by atoms with Crippen LogP contribution in [0.4, 0.5) is 10.8 Å². The van der Waals surface area contributed by atoms with E-state index in [0.29, 0.717) is 15.6 Å². The van der Waals surface area contributed by atoms with Gasteiger partial charge in [0.2, 0.25) is 0 Å². The van der Waals surface area contributed by atoms with Crippen molar-refractivity contribution >= 4 is 28.1 Å². The molecule has 2 rings (SSSR count). The molecule has 1 heterocycles. The normalized spacial score (nSPS) is 9.95. The first-order chi connectivity index (χ1) is 9.01. The molecule has 0 saturated carbocycles. The maximum absolute atomic E-state index is 10.9. The molecular weight excluding hydrogens is 262 g/mol. The van der Waals surface area contributed by atoms with E-state index in [0.717, 1.165) is 11.3 Å². The molecule has 0 aliphatic carbocycles. The third-order valence-corrected chi connectivity index (χ3v) is 3.49. The highest BCUT2D eigenvalue weighted by molar-refractivity contribution is 7.15. The van der Waals surface area contributed by atoms with Gasteiger partial charge in [-0.2, -0.15) is 5.26 Å². The van der Waals surface area contributed by atoms with Gasteiger partial charge in [-0.25, -0.2) is 9.78 Å². The summed E-state index contributed by atoms with van der Waals surface area (Å²) < 4.78 is 0. The van der Waals surface area contributed by atoms with E-state index in [9.17, 15) is 4.79 Å². The van der Waals surface area contributed by atoms with Crippen molar-refractivity contribution in [2.24, 2.45) is 0 Å². The van der Waals surface area contributed by atoms with Crippen LogP contribution in [0.15, 0.2) is 18.2 Å². The van der Waals surface area contributed by atoms with Gasteiger partial charge in [0.1, 0.15) is 0 Å². The average Bonchev–Trinajstić information content (AvgIpc) is 2.73. The first-order valence-corrected chi connectivity index (χ1v) is 6.31. The fourth-order valence-electron chi connectivity index (χ4n) is 1.59. The van der Waals surface area contributed by atoms with E-state index in [2.05, 4.69) is 16.4 Å². The van der Waals surface area contributed by atoms with Crippen LogP contribution in [0.2, 0.25) is 0 Å². The van der Waals surface area contributed by atoms with Gasteiger partial charge < -0.3 is 10.4 Å². The maximum atomic E-state index is 10.9. The van der Waals surface area contributed by atoms with Crippen molar-refractivity contribution in [3.8, 4) is 6.07 Å². The number of hydrogen-bond acceptors (Lipinski definition) is 5. The molecule has 2 aromatic rings. The van der Waals surface area contributed by atoms with E-state index in [1.54, 1.807) is 19.1 Å². The van der Waals surface area contributed by atoms with E-state index >= 15 is 0 Å². The van der Waals surface area contributed by atoms with Crippen molar-refractivity contribution in [3.05, 3.63) is 39.9 Å². The van der Waals surface area contributed by atoms with Gasteiger partial charge in [0.05, 0.1) is 11.6 Å². The smallest absolute Gasteiger partial charge is 0.355 e. The zero-order valence-electron chi connectivity index (χ0n) is 10.4. The van der Waals surface area contributed by atoms with Crippen LogP contribution in [-0.4, -0.2) is 16.1 Å². The Balaban J connectivity index is 2.34. The van der Waals surface area contributed by atoms with Crippen molar-refractivity contribution < 1.29 is 9.90 Å². The van der Waals surface area contributed by atoms with Gasteiger partial charge in [0.25, 0.3) is 0 Å². The Bertz CT molecular complexity index is 686. The summed E-state index contributed by atoms with van der Waals surface area (Å²) in [6.07, 6.45) is 0. The van der Waals surface area contributed by atoms with Gasteiger partial charge in [0, 0.05) is 10.6 Å². The summed E-state index contributed by atoms with van der Waals surface area (Å²) in [7, 11) is 0.